The molecule has 1 saturated heterocycles. The highest BCUT2D eigenvalue weighted by Crippen LogP contribution is 2.23. The summed E-state index contributed by atoms with van der Waals surface area (Å²) in [5, 5.41) is 0.535. The minimum absolute atomic E-state index is 0.0343. The summed E-state index contributed by atoms with van der Waals surface area (Å²) in [7, 11) is 1.66. The maximum atomic E-state index is 12.7. The van der Waals surface area contributed by atoms with E-state index in [4.69, 9.17) is 9.47 Å². The van der Waals surface area contributed by atoms with Crippen molar-refractivity contribution in [3.05, 3.63) is 58.6 Å². The normalized spacial score (nSPS) is 15.7. The van der Waals surface area contributed by atoms with E-state index in [9.17, 15) is 9.59 Å². The molecule has 1 amide bonds. The highest BCUT2D eigenvalue weighted by Gasteiger charge is 2.22. The van der Waals surface area contributed by atoms with Gasteiger partial charge in [-0.15, -0.1) is 0 Å². The number of carbonyl (C=O) groups excluding carboxylic acids is 1. The summed E-state index contributed by atoms with van der Waals surface area (Å²) in [5.74, 6) is 2.13. The van der Waals surface area contributed by atoms with E-state index in [0.717, 1.165) is 43.2 Å². The molecule has 32 heavy (non-hydrogen) atoms. The second kappa shape index (κ2) is 8.53. The highest BCUT2D eigenvalue weighted by atomic mass is 16.5. The van der Waals surface area contributed by atoms with Gasteiger partial charge in [0, 0.05) is 50.9 Å². The first kappa shape index (κ1) is 20.4. The Morgan fingerprint density at radius 1 is 1.03 bits per heavy atom. The molecule has 0 atom stereocenters. The van der Waals surface area contributed by atoms with Crippen molar-refractivity contribution in [2.24, 2.45) is 0 Å². The fourth-order valence-corrected chi connectivity index (χ4v) is 4.41. The number of ether oxygens (including phenoxy) is 2. The minimum Gasteiger partial charge on any atom is -0.497 e. The Bertz CT molecular complexity index is 1210. The van der Waals surface area contributed by atoms with Gasteiger partial charge in [0.15, 0.2) is 6.61 Å². The van der Waals surface area contributed by atoms with E-state index in [-0.39, 0.29) is 18.1 Å². The van der Waals surface area contributed by atoms with Crippen molar-refractivity contribution in [1.29, 1.82) is 0 Å². The highest BCUT2D eigenvalue weighted by molar-refractivity contribution is 5.80. The van der Waals surface area contributed by atoms with Crippen molar-refractivity contribution in [1.82, 2.24) is 14.5 Å². The van der Waals surface area contributed by atoms with Crippen LogP contribution in [0.3, 0.4) is 0 Å². The third kappa shape index (κ3) is 3.88. The maximum Gasteiger partial charge on any atom is 0.261 e. The number of methoxy groups -OCH3 is 1. The van der Waals surface area contributed by atoms with Crippen LogP contribution in [-0.4, -0.2) is 60.3 Å². The molecule has 2 aromatic carbocycles. The number of fused-ring (bicyclic) bond motifs is 2. The van der Waals surface area contributed by atoms with Gasteiger partial charge in [0.05, 0.1) is 18.0 Å². The fourth-order valence-electron chi connectivity index (χ4n) is 4.41. The zero-order valence-electron chi connectivity index (χ0n) is 18.1. The van der Waals surface area contributed by atoms with Gasteiger partial charge in [0.1, 0.15) is 17.3 Å². The lowest BCUT2D eigenvalue weighted by atomic mass is 10.2. The molecule has 3 heterocycles. The van der Waals surface area contributed by atoms with E-state index < -0.39 is 0 Å². The minimum atomic E-state index is -0.0563. The fraction of sp³-hybridized carbons (Fsp3) is 0.375. The molecule has 0 N–H and O–H groups in total. The zero-order valence-corrected chi connectivity index (χ0v) is 18.1. The Morgan fingerprint density at radius 3 is 2.69 bits per heavy atom. The number of piperazine rings is 1. The summed E-state index contributed by atoms with van der Waals surface area (Å²) in [6.45, 7) is 3.43. The number of amides is 1. The number of aryl methyl sites for hydroxylation is 1. The molecule has 0 radical (unpaired) electrons. The zero-order chi connectivity index (χ0) is 22.1. The SMILES string of the molecule is COc1cccc(N2CCN(C(=O)COc3ccc4nc5n(c(=O)c4c3)CCC5)CC2)c1. The molecule has 3 aromatic rings. The third-order valence-corrected chi connectivity index (χ3v) is 6.20. The van der Waals surface area contributed by atoms with Crippen LogP contribution in [0, 0.1) is 0 Å². The first-order valence-electron chi connectivity index (χ1n) is 11.0. The predicted octanol–water partition coefficient (Wildman–Crippen LogP) is 2.08. The van der Waals surface area contributed by atoms with Crippen molar-refractivity contribution in [2.75, 3.05) is 44.8 Å². The topological polar surface area (TPSA) is 76.9 Å². The largest absolute Gasteiger partial charge is 0.497 e. The second-order valence-electron chi connectivity index (χ2n) is 8.13. The number of hydrogen-bond acceptors (Lipinski definition) is 6. The van der Waals surface area contributed by atoms with Crippen molar-refractivity contribution in [3.63, 3.8) is 0 Å². The van der Waals surface area contributed by atoms with Gasteiger partial charge in [-0.25, -0.2) is 4.98 Å². The molecule has 0 spiro atoms. The lowest BCUT2D eigenvalue weighted by molar-refractivity contribution is -0.133. The molecule has 0 aliphatic carbocycles. The van der Waals surface area contributed by atoms with Crippen LogP contribution in [0.5, 0.6) is 11.5 Å². The van der Waals surface area contributed by atoms with E-state index in [1.54, 1.807) is 29.9 Å². The van der Waals surface area contributed by atoms with E-state index in [1.165, 1.54) is 0 Å². The summed E-state index contributed by atoms with van der Waals surface area (Å²) in [6, 6.07) is 13.2. The van der Waals surface area contributed by atoms with Gasteiger partial charge in [0.25, 0.3) is 11.5 Å². The third-order valence-electron chi connectivity index (χ3n) is 6.20. The van der Waals surface area contributed by atoms with Gasteiger partial charge in [-0.3, -0.25) is 14.2 Å². The lowest BCUT2D eigenvalue weighted by Gasteiger charge is -2.36. The van der Waals surface area contributed by atoms with Crippen molar-refractivity contribution < 1.29 is 14.3 Å². The van der Waals surface area contributed by atoms with Gasteiger partial charge in [0.2, 0.25) is 0 Å². The Balaban J connectivity index is 1.20. The number of carbonyl (C=O) groups is 1. The van der Waals surface area contributed by atoms with Crippen LogP contribution in [-0.2, 0) is 17.8 Å². The quantitative estimate of drug-likeness (QED) is 0.612. The smallest absolute Gasteiger partial charge is 0.261 e. The standard InChI is InChI=1S/C24H26N4O4/c1-31-18-5-2-4-17(14-18)26-10-12-27(13-11-26)23(29)16-32-19-7-8-21-20(15-19)24(30)28-9-3-6-22(28)25-21/h2,4-5,7-8,14-15H,3,6,9-13,16H2,1H3. The first-order valence-corrected chi connectivity index (χ1v) is 11.0. The number of nitrogens with zero attached hydrogens (tertiary/aromatic N) is 4. The van der Waals surface area contributed by atoms with Gasteiger partial charge in [-0.1, -0.05) is 6.07 Å². The van der Waals surface area contributed by atoms with Crippen LogP contribution >= 0.6 is 0 Å². The predicted molar refractivity (Wildman–Crippen MR) is 122 cm³/mol. The number of aromatic nitrogens is 2. The first-order chi connectivity index (χ1) is 15.6. The summed E-state index contributed by atoms with van der Waals surface area (Å²) in [5.41, 5.74) is 1.73. The van der Waals surface area contributed by atoms with E-state index in [1.807, 2.05) is 23.1 Å². The molecule has 0 bridgehead atoms. The molecule has 8 heteroatoms. The molecule has 5 rings (SSSR count). The molecule has 166 valence electrons. The molecule has 0 unspecified atom stereocenters. The van der Waals surface area contributed by atoms with Gasteiger partial charge in [-0.05, 0) is 36.8 Å². The average Bonchev–Trinajstić information content (AvgIpc) is 3.32. The van der Waals surface area contributed by atoms with Crippen LogP contribution in [0.25, 0.3) is 10.9 Å². The molecule has 1 fully saturated rings. The number of anilines is 1. The Morgan fingerprint density at radius 2 is 1.88 bits per heavy atom. The van der Waals surface area contributed by atoms with Crippen LogP contribution < -0.4 is 19.9 Å². The average molecular weight is 434 g/mol. The van der Waals surface area contributed by atoms with Crippen molar-refractivity contribution >= 4 is 22.5 Å². The van der Waals surface area contributed by atoms with Crippen LogP contribution in [0.1, 0.15) is 12.2 Å². The molecular formula is C24H26N4O4. The molecular weight excluding hydrogens is 408 g/mol. The van der Waals surface area contributed by atoms with Crippen LogP contribution in [0.4, 0.5) is 5.69 Å². The summed E-state index contributed by atoms with van der Waals surface area (Å²) < 4.78 is 12.8. The molecule has 2 aliphatic heterocycles. The summed E-state index contributed by atoms with van der Waals surface area (Å²) in [6.07, 6.45) is 1.78. The molecule has 8 nitrogen and oxygen atoms in total. The van der Waals surface area contributed by atoms with E-state index in [0.29, 0.717) is 36.3 Å². The van der Waals surface area contributed by atoms with E-state index >= 15 is 0 Å². The van der Waals surface area contributed by atoms with Crippen LogP contribution in [0.15, 0.2) is 47.3 Å². The Kier molecular flexibility index (Phi) is 5.43. The number of rotatable bonds is 5. The second-order valence-corrected chi connectivity index (χ2v) is 8.13. The maximum absolute atomic E-state index is 12.7. The van der Waals surface area contributed by atoms with Gasteiger partial charge >= 0.3 is 0 Å². The number of benzene rings is 2. The summed E-state index contributed by atoms with van der Waals surface area (Å²) >= 11 is 0. The van der Waals surface area contributed by atoms with E-state index in [2.05, 4.69) is 16.0 Å². The van der Waals surface area contributed by atoms with Gasteiger partial charge < -0.3 is 19.3 Å². The van der Waals surface area contributed by atoms with Crippen molar-refractivity contribution in [2.45, 2.75) is 19.4 Å². The lowest BCUT2D eigenvalue weighted by Crippen LogP contribution is -2.50. The van der Waals surface area contributed by atoms with Crippen molar-refractivity contribution in [3.8, 4) is 11.5 Å². The summed E-state index contributed by atoms with van der Waals surface area (Å²) in [4.78, 5) is 34.1. The van der Waals surface area contributed by atoms with Gasteiger partial charge in [-0.2, -0.15) is 0 Å². The monoisotopic (exact) mass is 434 g/mol. The van der Waals surface area contributed by atoms with Crippen LogP contribution in [0.2, 0.25) is 0 Å². The number of hydrogen-bond donors (Lipinski definition) is 0. The Hall–Kier alpha value is -3.55. The molecule has 2 aliphatic rings. The Labute approximate surface area is 186 Å². The molecule has 1 aromatic heterocycles. The molecule has 0 saturated carbocycles.